The molecule has 0 aliphatic heterocycles. The first-order valence-electron chi connectivity index (χ1n) is 2.75. The van der Waals surface area contributed by atoms with Crippen LogP contribution < -0.4 is 5.73 Å². The van der Waals surface area contributed by atoms with Crippen molar-refractivity contribution in [2.45, 2.75) is 12.7 Å². The molecule has 0 aromatic carbocycles. The monoisotopic (exact) mass is 182 g/mol. The number of rotatable bonds is 1. The van der Waals surface area contributed by atoms with Crippen molar-refractivity contribution in [3.05, 3.63) is 16.1 Å². The van der Waals surface area contributed by atoms with E-state index in [1.165, 1.54) is 0 Å². The van der Waals surface area contributed by atoms with Crippen LogP contribution in [-0.4, -0.2) is 4.98 Å². The average Bonchev–Trinajstić information content (AvgIpc) is 2.31. The summed E-state index contributed by atoms with van der Waals surface area (Å²) in [5, 5.41) is 0. The molecule has 0 bridgehead atoms. The van der Waals surface area contributed by atoms with Gasteiger partial charge in [-0.2, -0.15) is 13.2 Å². The number of hydrogen-bond acceptors (Lipinski definition) is 3. The Morgan fingerprint density at radius 3 is 2.55 bits per heavy atom. The first-order chi connectivity index (χ1) is 5.05. The molecule has 6 heteroatoms. The third-order valence-corrected chi connectivity index (χ3v) is 1.95. The lowest BCUT2D eigenvalue weighted by atomic mass is 10.3. The fourth-order valence-corrected chi connectivity index (χ4v) is 1.31. The lowest BCUT2D eigenvalue weighted by Gasteiger charge is -2.03. The molecule has 0 amide bonds. The van der Waals surface area contributed by atoms with Gasteiger partial charge in [0, 0.05) is 6.54 Å². The quantitative estimate of drug-likeness (QED) is 0.716. The Labute approximate surface area is 64.9 Å². The van der Waals surface area contributed by atoms with E-state index in [1.807, 2.05) is 0 Å². The molecule has 1 heterocycles. The number of aromatic nitrogens is 1. The van der Waals surface area contributed by atoms with E-state index in [0.29, 0.717) is 0 Å². The molecule has 1 aromatic rings. The SMILES string of the molecule is NCc1scnc1C(F)(F)F. The maximum absolute atomic E-state index is 12.0. The van der Waals surface area contributed by atoms with Gasteiger partial charge in [-0.05, 0) is 0 Å². The Balaban J connectivity index is 3.02. The summed E-state index contributed by atoms with van der Waals surface area (Å²) in [5.41, 5.74) is 5.35. The van der Waals surface area contributed by atoms with Crippen LogP contribution in [-0.2, 0) is 12.7 Å². The highest BCUT2D eigenvalue weighted by Gasteiger charge is 2.35. The van der Waals surface area contributed by atoms with E-state index >= 15 is 0 Å². The van der Waals surface area contributed by atoms with Crippen molar-refractivity contribution in [3.63, 3.8) is 0 Å². The van der Waals surface area contributed by atoms with Gasteiger partial charge in [-0.1, -0.05) is 0 Å². The maximum atomic E-state index is 12.0. The molecular weight excluding hydrogens is 177 g/mol. The molecule has 0 radical (unpaired) electrons. The van der Waals surface area contributed by atoms with Crippen molar-refractivity contribution >= 4 is 11.3 Å². The van der Waals surface area contributed by atoms with Gasteiger partial charge in [-0.3, -0.25) is 0 Å². The molecule has 0 aliphatic carbocycles. The molecule has 0 aliphatic rings. The van der Waals surface area contributed by atoms with Crippen molar-refractivity contribution in [2.75, 3.05) is 0 Å². The van der Waals surface area contributed by atoms with E-state index in [9.17, 15) is 13.2 Å². The van der Waals surface area contributed by atoms with E-state index in [0.717, 1.165) is 16.8 Å². The van der Waals surface area contributed by atoms with Gasteiger partial charge in [0.15, 0.2) is 5.69 Å². The van der Waals surface area contributed by atoms with Crippen molar-refractivity contribution in [1.82, 2.24) is 4.98 Å². The van der Waals surface area contributed by atoms with Crippen molar-refractivity contribution < 1.29 is 13.2 Å². The zero-order valence-corrected chi connectivity index (χ0v) is 6.17. The topological polar surface area (TPSA) is 38.9 Å². The van der Waals surface area contributed by atoms with Crippen LogP contribution in [0, 0.1) is 0 Å². The Morgan fingerprint density at radius 1 is 1.55 bits per heavy atom. The summed E-state index contributed by atoms with van der Waals surface area (Å²) in [6.07, 6.45) is -4.37. The fourth-order valence-electron chi connectivity index (χ4n) is 0.647. The standard InChI is InChI=1S/C5H5F3N2S/c6-5(7,8)4-3(1-9)11-2-10-4/h2H,1,9H2. The Kier molecular flexibility index (Phi) is 2.15. The molecule has 2 nitrogen and oxygen atoms in total. The fraction of sp³-hybridized carbons (Fsp3) is 0.400. The molecular formula is C5H5F3N2S. The van der Waals surface area contributed by atoms with Gasteiger partial charge in [0.05, 0.1) is 10.4 Å². The Bertz CT molecular complexity index is 242. The average molecular weight is 182 g/mol. The second-order valence-electron chi connectivity index (χ2n) is 1.83. The molecule has 62 valence electrons. The summed E-state index contributed by atoms with van der Waals surface area (Å²) >= 11 is 0.920. The van der Waals surface area contributed by atoms with E-state index in [2.05, 4.69) is 4.98 Å². The van der Waals surface area contributed by atoms with Crippen LogP contribution in [0.2, 0.25) is 0 Å². The molecule has 0 unspecified atom stereocenters. The highest BCUT2D eigenvalue weighted by molar-refractivity contribution is 7.09. The normalized spacial score (nSPS) is 12.0. The summed E-state index contributed by atoms with van der Waals surface area (Å²) in [6.45, 7) is -0.112. The molecule has 11 heavy (non-hydrogen) atoms. The lowest BCUT2D eigenvalue weighted by molar-refractivity contribution is -0.141. The first-order valence-corrected chi connectivity index (χ1v) is 3.63. The molecule has 0 atom stereocenters. The van der Waals surface area contributed by atoms with Gasteiger partial charge in [0.2, 0.25) is 0 Å². The van der Waals surface area contributed by atoms with Crippen LogP contribution in [0.4, 0.5) is 13.2 Å². The summed E-state index contributed by atoms with van der Waals surface area (Å²) in [5.74, 6) is 0. The lowest BCUT2D eigenvalue weighted by Crippen LogP contribution is -2.10. The smallest absolute Gasteiger partial charge is 0.326 e. The molecule has 1 rings (SSSR count). The van der Waals surface area contributed by atoms with Crippen LogP contribution in [0.1, 0.15) is 10.6 Å². The van der Waals surface area contributed by atoms with E-state index < -0.39 is 11.9 Å². The number of nitrogens with zero attached hydrogens (tertiary/aromatic N) is 1. The van der Waals surface area contributed by atoms with Crippen LogP contribution in [0.15, 0.2) is 5.51 Å². The van der Waals surface area contributed by atoms with Crippen molar-refractivity contribution in [2.24, 2.45) is 5.73 Å². The number of thiazole rings is 1. The summed E-state index contributed by atoms with van der Waals surface area (Å²) in [6, 6.07) is 0. The first kappa shape index (κ1) is 8.48. The van der Waals surface area contributed by atoms with Gasteiger partial charge < -0.3 is 5.73 Å². The predicted molar refractivity (Wildman–Crippen MR) is 35.0 cm³/mol. The maximum Gasteiger partial charge on any atom is 0.434 e. The largest absolute Gasteiger partial charge is 0.434 e. The molecule has 0 spiro atoms. The summed E-state index contributed by atoms with van der Waals surface area (Å²) < 4.78 is 35.9. The highest BCUT2D eigenvalue weighted by Crippen LogP contribution is 2.32. The molecule has 0 fully saturated rings. The molecule has 0 saturated heterocycles. The van der Waals surface area contributed by atoms with Gasteiger partial charge in [0.1, 0.15) is 0 Å². The van der Waals surface area contributed by atoms with Crippen LogP contribution in [0.3, 0.4) is 0 Å². The highest BCUT2D eigenvalue weighted by atomic mass is 32.1. The molecule has 0 saturated carbocycles. The van der Waals surface area contributed by atoms with Gasteiger partial charge in [-0.25, -0.2) is 4.98 Å². The van der Waals surface area contributed by atoms with E-state index in [1.54, 1.807) is 0 Å². The third kappa shape index (κ3) is 1.69. The second-order valence-corrected chi connectivity index (χ2v) is 2.77. The van der Waals surface area contributed by atoms with E-state index in [4.69, 9.17) is 5.73 Å². The zero-order chi connectivity index (χ0) is 8.48. The van der Waals surface area contributed by atoms with Gasteiger partial charge in [-0.15, -0.1) is 11.3 Å². The Hall–Kier alpha value is -0.620. The number of alkyl halides is 3. The molecule has 2 N–H and O–H groups in total. The number of hydrogen-bond donors (Lipinski definition) is 1. The summed E-state index contributed by atoms with van der Waals surface area (Å²) in [7, 11) is 0. The van der Waals surface area contributed by atoms with E-state index in [-0.39, 0.29) is 11.4 Å². The van der Waals surface area contributed by atoms with Crippen molar-refractivity contribution in [1.29, 1.82) is 0 Å². The minimum Gasteiger partial charge on any atom is -0.326 e. The number of nitrogens with two attached hydrogens (primary N) is 1. The molecule has 1 aromatic heterocycles. The van der Waals surface area contributed by atoms with Crippen molar-refractivity contribution in [3.8, 4) is 0 Å². The predicted octanol–water partition coefficient (Wildman–Crippen LogP) is 1.62. The third-order valence-electron chi connectivity index (χ3n) is 1.09. The summed E-state index contributed by atoms with van der Waals surface area (Å²) in [4.78, 5) is 3.25. The minimum atomic E-state index is -4.37. The van der Waals surface area contributed by atoms with Crippen LogP contribution in [0.25, 0.3) is 0 Å². The second kappa shape index (κ2) is 2.78. The Morgan fingerprint density at radius 2 is 2.18 bits per heavy atom. The zero-order valence-electron chi connectivity index (χ0n) is 5.35. The number of halogens is 3. The van der Waals surface area contributed by atoms with Gasteiger partial charge in [0.25, 0.3) is 0 Å². The van der Waals surface area contributed by atoms with Gasteiger partial charge >= 0.3 is 6.18 Å². The minimum absolute atomic E-state index is 0.0810. The van der Waals surface area contributed by atoms with Crippen LogP contribution in [0.5, 0.6) is 0 Å². The van der Waals surface area contributed by atoms with Crippen LogP contribution >= 0.6 is 11.3 Å².